The number of thiol groups is 1. The minimum Gasteiger partial charge on any atom is -0.301 e. The van der Waals surface area contributed by atoms with Gasteiger partial charge in [0.05, 0.1) is 5.69 Å². The zero-order chi connectivity index (χ0) is 10.8. The maximum absolute atomic E-state index is 5.92. The van der Waals surface area contributed by atoms with E-state index in [9.17, 15) is 0 Å². The highest BCUT2D eigenvalue weighted by Gasteiger charge is 2.08. The quantitative estimate of drug-likeness (QED) is 0.816. The first-order valence-electron chi connectivity index (χ1n) is 4.31. The first-order chi connectivity index (χ1) is 7.22. The van der Waals surface area contributed by atoms with Crippen molar-refractivity contribution in [2.45, 2.75) is 5.75 Å². The van der Waals surface area contributed by atoms with Crippen molar-refractivity contribution in [1.29, 1.82) is 0 Å². The topological polar surface area (TPSA) is 17.8 Å². The molecule has 1 heterocycles. The van der Waals surface area contributed by atoms with Gasteiger partial charge in [-0.2, -0.15) is 12.6 Å². The molecule has 0 aliphatic carbocycles. The standard InChI is InChI=1S/C10H8Cl2N2S/c11-7-1-3-8(4-2-7)14-6-13-10(12)9(14)5-15/h1-4,6,15H,5H2. The van der Waals surface area contributed by atoms with Crippen molar-refractivity contribution >= 4 is 35.8 Å². The van der Waals surface area contributed by atoms with Crippen molar-refractivity contribution in [3.05, 3.63) is 46.5 Å². The Balaban J connectivity index is 2.49. The lowest BCUT2D eigenvalue weighted by atomic mass is 10.3. The maximum Gasteiger partial charge on any atom is 0.151 e. The Labute approximate surface area is 103 Å². The number of imidazole rings is 1. The summed E-state index contributed by atoms with van der Waals surface area (Å²) in [6, 6.07) is 7.47. The smallest absolute Gasteiger partial charge is 0.151 e. The first-order valence-corrected chi connectivity index (χ1v) is 5.69. The van der Waals surface area contributed by atoms with Gasteiger partial charge in [-0.05, 0) is 24.3 Å². The molecule has 0 aliphatic rings. The van der Waals surface area contributed by atoms with Crippen LogP contribution in [0.2, 0.25) is 10.2 Å². The van der Waals surface area contributed by atoms with E-state index in [1.807, 2.05) is 28.8 Å². The lowest BCUT2D eigenvalue weighted by molar-refractivity contribution is 0.996. The molecule has 5 heteroatoms. The second-order valence-corrected chi connectivity index (χ2v) is 4.10. The summed E-state index contributed by atoms with van der Waals surface area (Å²) in [6.45, 7) is 0. The number of halogens is 2. The van der Waals surface area contributed by atoms with Gasteiger partial charge in [0, 0.05) is 16.5 Å². The summed E-state index contributed by atoms with van der Waals surface area (Å²) in [6.07, 6.45) is 1.68. The molecule has 1 aromatic heterocycles. The van der Waals surface area contributed by atoms with Crippen LogP contribution in [0.15, 0.2) is 30.6 Å². The highest BCUT2D eigenvalue weighted by Crippen LogP contribution is 2.21. The van der Waals surface area contributed by atoms with Crippen LogP contribution in [-0.2, 0) is 5.75 Å². The predicted molar refractivity (Wildman–Crippen MR) is 66.3 cm³/mol. The molecule has 0 saturated heterocycles. The fourth-order valence-electron chi connectivity index (χ4n) is 1.32. The fraction of sp³-hybridized carbons (Fsp3) is 0.100. The van der Waals surface area contributed by atoms with Crippen molar-refractivity contribution in [1.82, 2.24) is 9.55 Å². The molecule has 1 aromatic carbocycles. The van der Waals surface area contributed by atoms with Crippen LogP contribution in [0.4, 0.5) is 0 Å². The molecule has 0 atom stereocenters. The molecule has 15 heavy (non-hydrogen) atoms. The van der Waals surface area contributed by atoms with Gasteiger partial charge in [0.25, 0.3) is 0 Å². The molecule has 0 radical (unpaired) electrons. The third-order valence-corrected chi connectivity index (χ3v) is 2.94. The summed E-state index contributed by atoms with van der Waals surface area (Å²) in [5.41, 5.74) is 1.85. The van der Waals surface area contributed by atoms with Crippen LogP contribution in [0.5, 0.6) is 0 Å². The maximum atomic E-state index is 5.92. The van der Waals surface area contributed by atoms with E-state index < -0.39 is 0 Å². The molecular weight excluding hydrogens is 251 g/mol. The molecule has 0 spiro atoms. The molecule has 0 bridgehead atoms. The predicted octanol–water partition coefficient (Wildman–Crippen LogP) is 3.61. The summed E-state index contributed by atoms with van der Waals surface area (Å²) in [7, 11) is 0. The molecule has 2 aromatic rings. The number of hydrogen-bond acceptors (Lipinski definition) is 2. The van der Waals surface area contributed by atoms with Gasteiger partial charge in [-0.3, -0.25) is 0 Å². The number of benzene rings is 1. The van der Waals surface area contributed by atoms with Gasteiger partial charge in [0.15, 0.2) is 5.15 Å². The second kappa shape index (κ2) is 4.47. The van der Waals surface area contributed by atoms with E-state index in [2.05, 4.69) is 17.6 Å². The molecule has 0 saturated carbocycles. The van der Waals surface area contributed by atoms with Gasteiger partial charge in [0.1, 0.15) is 6.33 Å². The summed E-state index contributed by atoms with van der Waals surface area (Å²) in [4.78, 5) is 4.03. The Morgan fingerprint density at radius 2 is 1.87 bits per heavy atom. The van der Waals surface area contributed by atoms with E-state index in [0.29, 0.717) is 15.9 Å². The lowest BCUT2D eigenvalue weighted by Crippen LogP contribution is -1.96. The van der Waals surface area contributed by atoms with Crippen LogP contribution < -0.4 is 0 Å². The number of rotatable bonds is 2. The van der Waals surface area contributed by atoms with Crippen LogP contribution in [0.1, 0.15) is 5.69 Å². The number of aromatic nitrogens is 2. The molecule has 0 amide bonds. The van der Waals surface area contributed by atoms with Crippen LogP contribution in [0, 0.1) is 0 Å². The Morgan fingerprint density at radius 3 is 2.47 bits per heavy atom. The molecule has 2 rings (SSSR count). The van der Waals surface area contributed by atoms with Gasteiger partial charge in [-0.1, -0.05) is 23.2 Å². The summed E-state index contributed by atoms with van der Waals surface area (Å²) < 4.78 is 1.89. The van der Waals surface area contributed by atoms with E-state index in [4.69, 9.17) is 23.2 Å². The van der Waals surface area contributed by atoms with E-state index in [-0.39, 0.29) is 0 Å². The molecule has 2 nitrogen and oxygen atoms in total. The number of nitrogens with zero attached hydrogens (tertiary/aromatic N) is 2. The van der Waals surface area contributed by atoms with Gasteiger partial charge < -0.3 is 4.57 Å². The van der Waals surface area contributed by atoms with Crippen LogP contribution >= 0.6 is 35.8 Å². The third kappa shape index (κ3) is 2.14. The Kier molecular flexibility index (Phi) is 3.24. The Morgan fingerprint density at radius 1 is 1.20 bits per heavy atom. The average molecular weight is 259 g/mol. The highest BCUT2D eigenvalue weighted by atomic mass is 35.5. The van der Waals surface area contributed by atoms with Crippen molar-refractivity contribution in [2.24, 2.45) is 0 Å². The zero-order valence-electron chi connectivity index (χ0n) is 7.69. The van der Waals surface area contributed by atoms with E-state index >= 15 is 0 Å². The number of hydrogen-bond donors (Lipinski definition) is 1. The van der Waals surface area contributed by atoms with Crippen molar-refractivity contribution in [2.75, 3.05) is 0 Å². The minimum absolute atomic E-state index is 0.486. The molecule has 0 N–H and O–H groups in total. The summed E-state index contributed by atoms with van der Waals surface area (Å²) in [5.74, 6) is 0.543. The van der Waals surface area contributed by atoms with Gasteiger partial charge in [-0.15, -0.1) is 0 Å². The zero-order valence-corrected chi connectivity index (χ0v) is 10.1. The Hall–Kier alpha value is -0.640. The first kappa shape index (κ1) is 10.9. The van der Waals surface area contributed by atoms with Crippen molar-refractivity contribution in [3.8, 4) is 5.69 Å². The largest absolute Gasteiger partial charge is 0.301 e. The monoisotopic (exact) mass is 258 g/mol. The summed E-state index contributed by atoms with van der Waals surface area (Å²) >= 11 is 15.9. The Bertz CT molecular complexity index is 465. The lowest BCUT2D eigenvalue weighted by Gasteiger charge is -2.06. The molecule has 0 aliphatic heterocycles. The highest BCUT2D eigenvalue weighted by molar-refractivity contribution is 7.79. The van der Waals surface area contributed by atoms with Gasteiger partial charge >= 0.3 is 0 Å². The van der Waals surface area contributed by atoms with Crippen LogP contribution in [0.3, 0.4) is 0 Å². The third-order valence-electron chi connectivity index (χ3n) is 2.07. The van der Waals surface area contributed by atoms with Gasteiger partial charge in [-0.25, -0.2) is 4.98 Å². The molecule has 0 fully saturated rings. The minimum atomic E-state index is 0.486. The van der Waals surface area contributed by atoms with Crippen molar-refractivity contribution < 1.29 is 0 Å². The van der Waals surface area contributed by atoms with E-state index in [0.717, 1.165) is 11.4 Å². The van der Waals surface area contributed by atoms with Crippen LogP contribution in [0.25, 0.3) is 5.69 Å². The van der Waals surface area contributed by atoms with E-state index in [1.165, 1.54) is 0 Å². The summed E-state index contributed by atoms with van der Waals surface area (Å²) in [5, 5.41) is 1.19. The fourth-order valence-corrected chi connectivity index (χ4v) is 2.04. The SMILES string of the molecule is SCc1c(Cl)ncn1-c1ccc(Cl)cc1. The normalized spacial score (nSPS) is 10.6. The van der Waals surface area contributed by atoms with Crippen molar-refractivity contribution in [3.63, 3.8) is 0 Å². The molecular formula is C10H8Cl2N2S. The molecule has 0 unspecified atom stereocenters. The second-order valence-electron chi connectivity index (χ2n) is 2.99. The molecule has 78 valence electrons. The van der Waals surface area contributed by atoms with Gasteiger partial charge in [0.2, 0.25) is 0 Å². The van der Waals surface area contributed by atoms with Crippen LogP contribution in [-0.4, -0.2) is 9.55 Å². The average Bonchev–Trinajstić information content (AvgIpc) is 2.61. The van der Waals surface area contributed by atoms with E-state index in [1.54, 1.807) is 6.33 Å².